The molecule has 21 heavy (non-hydrogen) atoms. The second kappa shape index (κ2) is 9.15. The number of piperidine rings is 1. The third-order valence-electron chi connectivity index (χ3n) is 5.71. The zero-order chi connectivity index (χ0) is 16.0. The molecule has 1 aliphatic rings. The lowest BCUT2D eigenvalue weighted by molar-refractivity contribution is 0.0979. The Hall–Kier alpha value is -0.0800. The first-order valence-electron chi connectivity index (χ1n) is 9.25. The molecule has 2 heteroatoms. The van der Waals surface area contributed by atoms with Crippen LogP contribution in [0.2, 0.25) is 0 Å². The van der Waals surface area contributed by atoms with Crippen LogP contribution in [0, 0.1) is 17.8 Å². The molecule has 0 amide bonds. The molecule has 0 spiro atoms. The third-order valence-corrected chi connectivity index (χ3v) is 5.71. The highest BCUT2D eigenvalue weighted by Gasteiger charge is 2.24. The summed E-state index contributed by atoms with van der Waals surface area (Å²) >= 11 is 0. The zero-order valence-electron chi connectivity index (χ0n) is 15.7. The topological polar surface area (TPSA) is 6.48 Å². The van der Waals surface area contributed by atoms with E-state index in [1.165, 1.54) is 45.3 Å². The number of likely N-dealkylation sites (tertiary alicyclic amines) is 1. The molecule has 0 aliphatic carbocycles. The fourth-order valence-corrected chi connectivity index (χ4v) is 3.46. The number of hydrogen-bond donors (Lipinski definition) is 0. The van der Waals surface area contributed by atoms with Crippen LogP contribution in [0.1, 0.15) is 67.2 Å². The highest BCUT2D eigenvalue weighted by atomic mass is 15.2. The predicted molar refractivity (Wildman–Crippen MR) is 94.8 cm³/mol. The van der Waals surface area contributed by atoms with Crippen molar-refractivity contribution in [1.82, 2.24) is 9.80 Å². The Bertz CT molecular complexity index is 267. The molecule has 0 bridgehead atoms. The second-order valence-electron chi connectivity index (χ2n) is 8.20. The fraction of sp³-hybridized carbons (Fsp3) is 1.00. The van der Waals surface area contributed by atoms with Crippen LogP contribution < -0.4 is 0 Å². The molecule has 126 valence electrons. The van der Waals surface area contributed by atoms with Crippen LogP contribution in [0.15, 0.2) is 0 Å². The molecule has 1 rings (SSSR count). The van der Waals surface area contributed by atoms with Gasteiger partial charge in [-0.05, 0) is 71.0 Å². The Morgan fingerprint density at radius 2 is 1.52 bits per heavy atom. The zero-order valence-corrected chi connectivity index (χ0v) is 15.7. The Labute approximate surface area is 134 Å². The van der Waals surface area contributed by atoms with Crippen molar-refractivity contribution in [3.63, 3.8) is 0 Å². The van der Waals surface area contributed by atoms with Gasteiger partial charge in [0.15, 0.2) is 0 Å². The molecule has 0 aromatic heterocycles. The van der Waals surface area contributed by atoms with Gasteiger partial charge in [-0.2, -0.15) is 0 Å². The average molecular weight is 297 g/mol. The molecule has 0 aromatic carbocycles. The summed E-state index contributed by atoms with van der Waals surface area (Å²) in [5.41, 5.74) is 0. The summed E-state index contributed by atoms with van der Waals surface area (Å²) in [6.45, 7) is 18.0. The quantitative estimate of drug-likeness (QED) is 0.651. The molecule has 0 radical (unpaired) electrons. The van der Waals surface area contributed by atoms with Crippen LogP contribution in [-0.2, 0) is 0 Å². The minimum Gasteiger partial charge on any atom is -0.303 e. The molecule has 2 atom stereocenters. The molecule has 1 fully saturated rings. The maximum absolute atomic E-state index is 2.64. The van der Waals surface area contributed by atoms with E-state index >= 15 is 0 Å². The predicted octanol–water partition coefficient (Wildman–Crippen LogP) is 4.50. The Morgan fingerprint density at radius 3 is 2.00 bits per heavy atom. The lowest BCUT2D eigenvalue weighted by Crippen LogP contribution is -2.46. The van der Waals surface area contributed by atoms with Gasteiger partial charge < -0.3 is 9.80 Å². The Balaban J connectivity index is 2.25. The van der Waals surface area contributed by atoms with Gasteiger partial charge >= 0.3 is 0 Å². The van der Waals surface area contributed by atoms with Gasteiger partial charge in [0.2, 0.25) is 0 Å². The van der Waals surface area contributed by atoms with Crippen molar-refractivity contribution in [2.24, 2.45) is 17.8 Å². The molecule has 2 nitrogen and oxygen atoms in total. The van der Waals surface area contributed by atoms with Gasteiger partial charge in [-0.3, -0.25) is 0 Å². The van der Waals surface area contributed by atoms with E-state index in [4.69, 9.17) is 0 Å². The van der Waals surface area contributed by atoms with Crippen molar-refractivity contribution in [1.29, 1.82) is 0 Å². The molecule has 0 saturated carbocycles. The monoisotopic (exact) mass is 296 g/mol. The normalized spacial score (nSPS) is 21.4. The minimum absolute atomic E-state index is 0.715. The van der Waals surface area contributed by atoms with E-state index in [1.807, 2.05) is 0 Å². The highest BCUT2D eigenvalue weighted by Crippen LogP contribution is 2.22. The Kier molecular flexibility index (Phi) is 8.26. The van der Waals surface area contributed by atoms with Crippen molar-refractivity contribution < 1.29 is 0 Å². The van der Waals surface area contributed by atoms with Crippen molar-refractivity contribution in [2.45, 2.75) is 79.3 Å². The van der Waals surface area contributed by atoms with E-state index < -0.39 is 0 Å². The first-order valence-corrected chi connectivity index (χ1v) is 9.25. The lowest BCUT2D eigenvalue weighted by atomic mass is 9.89. The summed E-state index contributed by atoms with van der Waals surface area (Å²) in [7, 11) is 2.35. The third kappa shape index (κ3) is 6.69. The van der Waals surface area contributed by atoms with Crippen LogP contribution in [0.3, 0.4) is 0 Å². The smallest absolute Gasteiger partial charge is 0.0117 e. The summed E-state index contributed by atoms with van der Waals surface area (Å²) in [6, 6.07) is 1.53. The van der Waals surface area contributed by atoms with Crippen LogP contribution in [0.25, 0.3) is 0 Å². The van der Waals surface area contributed by atoms with Crippen LogP contribution in [-0.4, -0.2) is 48.6 Å². The van der Waals surface area contributed by atoms with E-state index in [9.17, 15) is 0 Å². The maximum Gasteiger partial charge on any atom is 0.0117 e. The van der Waals surface area contributed by atoms with E-state index in [2.05, 4.69) is 58.4 Å². The second-order valence-corrected chi connectivity index (χ2v) is 8.20. The van der Waals surface area contributed by atoms with Gasteiger partial charge in [-0.25, -0.2) is 0 Å². The van der Waals surface area contributed by atoms with Gasteiger partial charge in [0.25, 0.3) is 0 Å². The van der Waals surface area contributed by atoms with Crippen LogP contribution in [0.4, 0.5) is 0 Å². The van der Waals surface area contributed by atoms with Gasteiger partial charge in [0.05, 0.1) is 0 Å². The summed E-state index contributed by atoms with van der Waals surface area (Å²) in [5.74, 6) is 2.53. The van der Waals surface area contributed by atoms with Gasteiger partial charge in [0, 0.05) is 18.6 Å². The number of nitrogens with zero attached hydrogens (tertiary/aromatic N) is 2. The average Bonchev–Trinajstić information content (AvgIpc) is 2.44. The van der Waals surface area contributed by atoms with Gasteiger partial charge in [-0.1, -0.05) is 34.1 Å². The minimum atomic E-state index is 0.715. The highest BCUT2D eigenvalue weighted by molar-refractivity contribution is 4.80. The number of hydrogen-bond acceptors (Lipinski definition) is 2. The molecular formula is C19H40N2. The molecule has 2 unspecified atom stereocenters. The van der Waals surface area contributed by atoms with Crippen molar-refractivity contribution in [3.8, 4) is 0 Å². The molecule has 0 aromatic rings. The first-order chi connectivity index (χ1) is 9.81. The van der Waals surface area contributed by atoms with Gasteiger partial charge in [-0.15, -0.1) is 0 Å². The van der Waals surface area contributed by atoms with E-state index in [-0.39, 0.29) is 0 Å². The first kappa shape index (κ1) is 19.0. The van der Waals surface area contributed by atoms with Crippen molar-refractivity contribution in [2.75, 3.05) is 26.7 Å². The summed E-state index contributed by atoms with van der Waals surface area (Å²) in [6.07, 6.45) is 5.47. The van der Waals surface area contributed by atoms with Gasteiger partial charge in [0.1, 0.15) is 0 Å². The largest absolute Gasteiger partial charge is 0.303 e. The van der Waals surface area contributed by atoms with Crippen molar-refractivity contribution >= 4 is 0 Å². The van der Waals surface area contributed by atoms with E-state index in [1.54, 1.807) is 0 Å². The molecule has 1 heterocycles. The van der Waals surface area contributed by atoms with Crippen molar-refractivity contribution in [3.05, 3.63) is 0 Å². The standard InChI is InChI=1S/C19H40N2/c1-15(2)18(6)9-8-17(5)14-20(7)19-10-12-21(13-11-19)16(3)4/h15-19H,8-14H2,1-7H3. The van der Waals surface area contributed by atoms with Crippen LogP contribution in [0.5, 0.6) is 0 Å². The summed E-state index contributed by atoms with van der Waals surface area (Å²) < 4.78 is 0. The van der Waals surface area contributed by atoms with E-state index in [0.717, 1.165) is 23.8 Å². The summed E-state index contributed by atoms with van der Waals surface area (Å²) in [4.78, 5) is 5.26. The van der Waals surface area contributed by atoms with Crippen LogP contribution >= 0.6 is 0 Å². The van der Waals surface area contributed by atoms with E-state index in [0.29, 0.717) is 6.04 Å². The summed E-state index contributed by atoms with van der Waals surface area (Å²) in [5, 5.41) is 0. The Morgan fingerprint density at radius 1 is 0.952 bits per heavy atom. The molecule has 1 aliphatic heterocycles. The molecular weight excluding hydrogens is 256 g/mol. The number of rotatable bonds is 8. The fourth-order valence-electron chi connectivity index (χ4n) is 3.46. The molecule has 0 N–H and O–H groups in total. The molecule has 1 saturated heterocycles. The maximum atomic E-state index is 2.64. The SMILES string of the molecule is CC(CCC(C)C(C)C)CN(C)C1CCN(C(C)C)CC1. The lowest BCUT2D eigenvalue weighted by Gasteiger charge is -2.39.